The first-order valence-corrected chi connectivity index (χ1v) is 8.01. The number of nitrogens with two attached hydrogens (primary N) is 1. The number of halogens is 1. The molecule has 0 bridgehead atoms. The van der Waals surface area contributed by atoms with Crippen molar-refractivity contribution in [3.05, 3.63) is 59.7 Å². The smallest absolute Gasteiger partial charge is 0.237 e. The maximum Gasteiger partial charge on any atom is 0.237 e. The zero-order valence-electron chi connectivity index (χ0n) is 14.5. The van der Waals surface area contributed by atoms with Crippen LogP contribution >= 0.6 is 12.4 Å². The number of rotatable bonds is 8. The summed E-state index contributed by atoms with van der Waals surface area (Å²) in [6.45, 7) is 2.88. The highest BCUT2D eigenvalue weighted by Gasteiger charge is 2.14. The maximum absolute atomic E-state index is 12.2. The molecule has 0 saturated carbocycles. The van der Waals surface area contributed by atoms with Gasteiger partial charge >= 0.3 is 0 Å². The molecule has 136 valence electrons. The summed E-state index contributed by atoms with van der Waals surface area (Å²) in [6, 6.07) is 14.8. The van der Waals surface area contributed by atoms with Crippen LogP contribution in [-0.4, -0.2) is 25.7 Å². The minimum atomic E-state index is -0.572. The fourth-order valence-corrected chi connectivity index (χ4v) is 2.38. The van der Waals surface area contributed by atoms with E-state index in [1.54, 1.807) is 7.11 Å². The van der Waals surface area contributed by atoms with Crippen LogP contribution in [0.3, 0.4) is 0 Å². The van der Waals surface area contributed by atoms with Gasteiger partial charge in [-0.1, -0.05) is 36.4 Å². The molecule has 2 aromatic carbocycles. The lowest BCUT2D eigenvalue weighted by Crippen LogP contribution is -2.41. The number of methoxy groups -OCH3 is 1. The van der Waals surface area contributed by atoms with Crippen LogP contribution in [0.25, 0.3) is 0 Å². The number of carbonyl (C=O) groups excluding carboxylic acids is 1. The van der Waals surface area contributed by atoms with Crippen molar-refractivity contribution < 1.29 is 14.3 Å². The highest BCUT2D eigenvalue weighted by Crippen LogP contribution is 2.27. The second-order valence-corrected chi connectivity index (χ2v) is 5.43. The molecule has 2 rings (SSSR count). The van der Waals surface area contributed by atoms with Gasteiger partial charge in [-0.3, -0.25) is 4.79 Å². The predicted octanol–water partition coefficient (Wildman–Crippen LogP) is 2.70. The van der Waals surface area contributed by atoms with Crippen molar-refractivity contribution >= 4 is 18.3 Å². The van der Waals surface area contributed by atoms with Crippen LogP contribution in [0.4, 0.5) is 0 Å². The summed E-state index contributed by atoms with van der Waals surface area (Å²) in [6.07, 6.45) is 0.513. The summed E-state index contributed by atoms with van der Waals surface area (Å²) in [4.78, 5) is 12.2. The Morgan fingerprint density at radius 2 is 1.84 bits per heavy atom. The third-order valence-electron chi connectivity index (χ3n) is 3.63. The first kappa shape index (κ1) is 20.8. The van der Waals surface area contributed by atoms with Gasteiger partial charge in [-0.2, -0.15) is 0 Å². The Hall–Kier alpha value is -2.24. The van der Waals surface area contributed by atoms with E-state index in [1.807, 2.05) is 55.5 Å². The molecule has 0 aromatic heterocycles. The lowest BCUT2D eigenvalue weighted by atomic mass is 10.1. The number of hydrogen-bond acceptors (Lipinski definition) is 4. The number of carbonyl (C=O) groups is 1. The predicted molar refractivity (Wildman–Crippen MR) is 101 cm³/mol. The minimum absolute atomic E-state index is 0. The van der Waals surface area contributed by atoms with E-state index in [9.17, 15) is 4.79 Å². The van der Waals surface area contributed by atoms with Gasteiger partial charge in [0.05, 0.1) is 19.8 Å². The van der Waals surface area contributed by atoms with E-state index in [0.717, 1.165) is 11.1 Å². The average molecular weight is 365 g/mol. The van der Waals surface area contributed by atoms with E-state index in [0.29, 0.717) is 31.1 Å². The van der Waals surface area contributed by atoms with Crippen molar-refractivity contribution in [1.29, 1.82) is 0 Å². The van der Waals surface area contributed by atoms with Crippen LogP contribution in [0.1, 0.15) is 18.1 Å². The second kappa shape index (κ2) is 10.6. The Balaban J connectivity index is 0.00000312. The first-order chi connectivity index (χ1) is 11.6. The van der Waals surface area contributed by atoms with Gasteiger partial charge in [0.25, 0.3) is 0 Å². The first-order valence-electron chi connectivity index (χ1n) is 8.01. The van der Waals surface area contributed by atoms with E-state index in [1.165, 1.54) is 0 Å². The molecule has 0 spiro atoms. The third kappa shape index (κ3) is 6.29. The van der Waals surface area contributed by atoms with Gasteiger partial charge in [-0.15, -0.1) is 12.4 Å². The molecule has 0 fully saturated rings. The molecule has 0 aliphatic heterocycles. The van der Waals surface area contributed by atoms with E-state index in [4.69, 9.17) is 15.2 Å². The standard InChI is InChI=1S/C19H24N2O3.ClH/c1-3-24-17-10-9-15(12-18(17)23-2)13-21-19(22)16(20)11-14-7-5-4-6-8-14;/h4-10,12,16H,3,11,13,20H2,1-2H3,(H,21,22);1H/t16-;/m0./s1. The summed E-state index contributed by atoms with van der Waals surface area (Å²) in [5.74, 6) is 1.17. The molecule has 0 radical (unpaired) electrons. The molecule has 0 aliphatic carbocycles. The summed E-state index contributed by atoms with van der Waals surface area (Å²) in [7, 11) is 1.59. The van der Waals surface area contributed by atoms with Crippen LogP contribution in [0.5, 0.6) is 11.5 Å². The molecule has 1 atom stereocenters. The van der Waals surface area contributed by atoms with Crippen LogP contribution in [0, 0.1) is 0 Å². The molecular formula is C19H25ClN2O3. The van der Waals surface area contributed by atoms with Crippen molar-refractivity contribution in [2.45, 2.75) is 25.9 Å². The van der Waals surface area contributed by atoms with Crippen LogP contribution < -0.4 is 20.5 Å². The van der Waals surface area contributed by atoms with Crippen LogP contribution in [0.15, 0.2) is 48.5 Å². The number of amides is 1. The Morgan fingerprint density at radius 1 is 1.12 bits per heavy atom. The van der Waals surface area contributed by atoms with Crippen molar-refractivity contribution in [1.82, 2.24) is 5.32 Å². The zero-order valence-corrected chi connectivity index (χ0v) is 15.3. The highest BCUT2D eigenvalue weighted by atomic mass is 35.5. The molecule has 5 nitrogen and oxygen atoms in total. The van der Waals surface area contributed by atoms with Crippen LogP contribution in [0.2, 0.25) is 0 Å². The molecule has 25 heavy (non-hydrogen) atoms. The molecule has 0 unspecified atom stereocenters. The maximum atomic E-state index is 12.2. The SMILES string of the molecule is CCOc1ccc(CNC(=O)[C@@H](N)Cc2ccccc2)cc1OC.Cl. The fraction of sp³-hybridized carbons (Fsp3) is 0.316. The van der Waals surface area contributed by atoms with Crippen molar-refractivity contribution in [2.24, 2.45) is 5.73 Å². The lowest BCUT2D eigenvalue weighted by Gasteiger charge is -2.14. The normalized spacial score (nSPS) is 11.2. The Morgan fingerprint density at radius 3 is 2.48 bits per heavy atom. The molecular weight excluding hydrogens is 340 g/mol. The van der Waals surface area contributed by atoms with E-state index < -0.39 is 6.04 Å². The Labute approximate surface area is 154 Å². The van der Waals surface area contributed by atoms with Gasteiger partial charge in [-0.25, -0.2) is 0 Å². The van der Waals surface area contributed by atoms with Gasteiger partial charge in [-0.05, 0) is 36.6 Å². The average Bonchev–Trinajstić information content (AvgIpc) is 2.61. The van der Waals surface area contributed by atoms with E-state index >= 15 is 0 Å². The van der Waals surface area contributed by atoms with Crippen molar-refractivity contribution in [3.63, 3.8) is 0 Å². The minimum Gasteiger partial charge on any atom is -0.493 e. The van der Waals surface area contributed by atoms with Crippen LogP contribution in [-0.2, 0) is 17.8 Å². The lowest BCUT2D eigenvalue weighted by molar-refractivity contribution is -0.122. The van der Waals surface area contributed by atoms with Gasteiger partial charge < -0.3 is 20.5 Å². The fourth-order valence-electron chi connectivity index (χ4n) is 2.38. The summed E-state index contributed by atoms with van der Waals surface area (Å²) >= 11 is 0. The third-order valence-corrected chi connectivity index (χ3v) is 3.63. The van der Waals surface area contributed by atoms with E-state index in [-0.39, 0.29) is 18.3 Å². The highest BCUT2D eigenvalue weighted by molar-refractivity contribution is 5.85. The Kier molecular flexibility index (Phi) is 8.81. The number of hydrogen-bond donors (Lipinski definition) is 2. The van der Waals surface area contributed by atoms with Gasteiger partial charge in [0.2, 0.25) is 5.91 Å². The topological polar surface area (TPSA) is 73.6 Å². The van der Waals surface area contributed by atoms with Crippen molar-refractivity contribution in [2.75, 3.05) is 13.7 Å². The number of nitrogens with one attached hydrogen (secondary N) is 1. The van der Waals surface area contributed by atoms with Gasteiger partial charge in [0, 0.05) is 6.54 Å². The summed E-state index contributed by atoms with van der Waals surface area (Å²) < 4.78 is 10.8. The van der Waals surface area contributed by atoms with E-state index in [2.05, 4.69) is 5.32 Å². The Bertz CT molecular complexity index is 665. The van der Waals surface area contributed by atoms with Crippen molar-refractivity contribution in [3.8, 4) is 11.5 Å². The number of ether oxygens (including phenoxy) is 2. The molecule has 6 heteroatoms. The molecule has 2 aromatic rings. The van der Waals surface area contributed by atoms with Gasteiger partial charge in [0.1, 0.15) is 0 Å². The number of benzene rings is 2. The largest absolute Gasteiger partial charge is 0.493 e. The monoisotopic (exact) mass is 364 g/mol. The molecule has 1 amide bonds. The second-order valence-electron chi connectivity index (χ2n) is 5.43. The summed E-state index contributed by atoms with van der Waals surface area (Å²) in [5, 5.41) is 2.86. The van der Waals surface area contributed by atoms with Gasteiger partial charge in [0.15, 0.2) is 11.5 Å². The quantitative estimate of drug-likeness (QED) is 0.755. The molecule has 0 aliphatic rings. The zero-order chi connectivity index (χ0) is 17.4. The molecule has 0 heterocycles. The summed E-state index contributed by atoms with van der Waals surface area (Å²) in [5.41, 5.74) is 7.95. The molecule has 3 N–H and O–H groups in total. The molecule has 0 saturated heterocycles.